The minimum atomic E-state index is -0.0912. The number of nitrogens with zero attached hydrogens (tertiary/aromatic N) is 4. The van der Waals surface area contributed by atoms with E-state index in [1.54, 1.807) is 9.58 Å². The number of carbonyl (C=O) groups excluding carboxylic acids is 2. The molecule has 1 aliphatic heterocycles. The Labute approximate surface area is 186 Å². The minimum absolute atomic E-state index is 0.0889. The monoisotopic (exact) mass is 427 g/mol. The molecule has 7 nitrogen and oxygen atoms in total. The smallest absolute Gasteiger partial charge is 0.274 e. The van der Waals surface area contributed by atoms with Gasteiger partial charge in [-0.1, -0.05) is 36.4 Å². The van der Waals surface area contributed by atoms with E-state index in [1.807, 2.05) is 78.7 Å². The number of aromatic amines is 1. The molecule has 2 amide bonds. The third-order valence-electron chi connectivity index (χ3n) is 6.04. The largest absolute Gasteiger partial charge is 0.361 e. The van der Waals surface area contributed by atoms with Crippen LogP contribution in [0.1, 0.15) is 21.7 Å². The second-order valence-electron chi connectivity index (χ2n) is 8.13. The van der Waals surface area contributed by atoms with Crippen molar-refractivity contribution in [2.24, 2.45) is 0 Å². The van der Waals surface area contributed by atoms with E-state index >= 15 is 0 Å². The van der Waals surface area contributed by atoms with Crippen molar-refractivity contribution in [3.8, 4) is 5.69 Å². The van der Waals surface area contributed by atoms with Gasteiger partial charge in [0.1, 0.15) is 0 Å². The van der Waals surface area contributed by atoms with Crippen molar-refractivity contribution < 1.29 is 9.59 Å². The van der Waals surface area contributed by atoms with Crippen LogP contribution in [0.3, 0.4) is 0 Å². The van der Waals surface area contributed by atoms with Gasteiger partial charge in [-0.2, -0.15) is 5.10 Å². The van der Waals surface area contributed by atoms with Crippen LogP contribution in [0.5, 0.6) is 0 Å². The van der Waals surface area contributed by atoms with Gasteiger partial charge in [0.25, 0.3) is 5.91 Å². The predicted octanol–water partition coefficient (Wildman–Crippen LogP) is 3.19. The molecular formula is C25H25N5O2. The number of carbonyl (C=O) groups is 2. The third kappa shape index (κ3) is 3.77. The first kappa shape index (κ1) is 20.1. The molecule has 1 saturated heterocycles. The van der Waals surface area contributed by atoms with E-state index < -0.39 is 0 Å². The third-order valence-corrected chi connectivity index (χ3v) is 6.04. The fourth-order valence-corrected chi connectivity index (χ4v) is 4.28. The summed E-state index contributed by atoms with van der Waals surface area (Å²) < 4.78 is 1.79. The molecule has 1 fully saturated rings. The zero-order valence-electron chi connectivity index (χ0n) is 18.0. The van der Waals surface area contributed by atoms with Crippen LogP contribution in [0.25, 0.3) is 16.6 Å². The number of nitrogens with one attached hydrogen (secondary N) is 1. The SMILES string of the molecule is Cc1cc(C(=O)N2CCN(C(=O)Cc3c[nH]c4ccccc34)CC2)nn1-c1ccccc1. The maximum Gasteiger partial charge on any atom is 0.274 e. The molecule has 32 heavy (non-hydrogen) atoms. The molecule has 0 atom stereocenters. The Morgan fingerprint density at radius 1 is 0.938 bits per heavy atom. The number of aryl methyl sites for hydroxylation is 1. The minimum Gasteiger partial charge on any atom is -0.361 e. The first-order valence-electron chi connectivity index (χ1n) is 10.8. The van der Waals surface area contributed by atoms with Crippen molar-refractivity contribution in [2.45, 2.75) is 13.3 Å². The molecule has 5 rings (SSSR count). The zero-order chi connectivity index (χ0) is 22.1. The summed E-state index contributed by atoms with van der Waals surface area (Å²) in [6, 6.07) is 19.6. The zero-order valence-corrected chi connectivity index (χ0v) is 18.0. The van der Waals surface area contributed by atoms with Gasteiger partial charge in [-0.05, 0) is 36.8 Å². The second kappa shape index (κ2) is 8.34. The summed E-state index contributed by atoms with van der Waals surface area (Å²) >= 11 is 0. The van der Waals surface area contributed by atoms with Crippen molar-refractivity contribution in [2.75, 3.05) is 26.2 Å². The molecule has 3 heterocycles. The van der Waals surface area contributed by atoms with Gasteiger partial charge in [-0.25, -0.2) is 4.68 Å². The van der Waals surface area contributed by atoms with Crippen molar-refractivity contribution >= 4 is 22.7 Å². The van der Waals surface area contributed by atoms with Gasteiger partial charge in [0.05, 0.1) is 12.1 Å². The van der Waals surface area contributed by atoms with Gasteiger partial charge in [0, 0.05) is 49.0 Å². The number of hydrogen-bond acceptors (Lipinski definition) is 3. The number of benzene rings is 2. The highest BCUT2D eigenvalue weighted by atomic mass is 16.2. The number of fused-ring (bicyclic) bond motifs is 1. The maximum atomic E-state index is 13.0. The Bertz CT molecular complexity index is 1270. The summed E-state index contributed by atoms with van der Waals surface area (Å²) in [5.41, 5.74) is 4.32. The molecule has 2 aromatic carbocycles. The summed E-state index contributed by atoms with van der Waals surface area (Å²) in [6.07, 6.45) is 2.27. The Balaban J connectivity index is 1.22. The first-order chi connectivity index (χ1) is 15.6. The molecule has 0 radical (unpaired) electrons. The topological polar surface area (TPSA) is 74.2 Å². The summed E-state index contributed by atoms with van der Waals surface area (Å²) in [6.45, 7) is 4.03. The van der Waals surface area contributed by atoms with E-state index in [1.165, 1.54) is 0 Å². The highest BCUT2D eigenvalue weighted by Crippen LogP contribution is 2.19. The number of H-pyrrole nitrogens is 1. The highest BCUT2D eigenvalue weighted by Gasteiger charge is 2.27. The van der Waals surface area contributed by atoms with E-state index in [4.69, 9.17) is 0 Å². The number of amides is 2. The molecule has 7 heteroatoms. The van der Waals surface area contributed by atoms with E-state index in [9.17, 15) is 9.59 Å². The fraction of sp³-hybridized carbons (Fsp3) is 0.240. The molecule has 1 aliphatic rings. The van der Waals surface area contributed by atoms with Crippen LogP contribution in [-0.2, 0) is 11.2 Å². The van der Waals surface area contributed by atoms with Crippen molar-refractivity contribution in [1.82, 2.24) is 24.6 Å². The average molecular weight is 428 g/mol. The molecule has 2 aromatic heterocycles. The first-order valence-corrected chi connectivity index (χ1v) is 10.8. The van der Waals surface area contributed by atoms with E-state index in [2.05, 4.69) is 10.1 Å². The van der Waals surface area contributed by atoms with Crippen molar-refractivity contribution in [3.63, 3.8) is 0 Å². The Hall–Kier alpha value is -3.87. The lowest BCUT2D eigenvalue weighted by Crippen LogP contribution is -2.51. The summed E-state index contributed by atoms with van der Waals surface area (Å²) in [5.74, 6) is -0.00226. The molecule has 4 aromatic rings. The maximum absolute atomic E-state index is 13.0. The number of aromatic nitrogens is 3. The quantitative estimate of drug-likeness (QED) is 0.544. The number of piperazine rings is 1. The Morgan fingerprint density at radius 3 is 2.41 bits per heavy atom. The molecule has 0 bridgehead atoms. The second-order valence-corrected chi connectivity index (χ2v) is 8.13. The van der Waals surface area contributed by atoms with E-state index in [0.29, 0.717) is 38.3 Å². The lowest BCUT2D eigenvalue weighted by atomic mass is 10.1. The number of rotatable bonds is 4. The van der Waals surface area contributed by atoms with E-state index in [-0.39, 0.29) is 11.8 Å². The molecule has 0 spiro atoms. The Kier molecular flexibility index (Phi) is 5.23. The van der Waals surface area contributed by atoms with Gasteiger partial charge in [0.2, 0.25) is 5.91 Å². The van der Waals surface area contributed by atoms with Gasteiger partial charge in [-0.3, -0.25) is 9.59 Å². The van der Waals surface area contributed by atoms with Crippen LogP contribution in [0.2, 0.25) is 0 Å². The van der Waals surface area contributed by atoms with Crippen molar-refractivity contribution in [1.29, 1.82) is 0 Å². The van der Waals surface area contributed by atoms with Crippen LogP contribution in [0.15, 0.2) is 66.9 Å². The van der Waals surface area contributed by atoms with Crippen LogP contribution >= 0.6 is 0 Å². The Morgan fingerprint density at radius 2 is 1.62 bits per heavy atom. The lowest BCUT2D eigenvalue weighted by molar-refractivity contribution is -0.131. The summed E-state index contributed by atoms with van der Waals surface area (Å²) in [7, 11) is 0. The standard InChI is InChI=1S/C25H25N5O2/c1-18-15-23(27-30(18)20-7-3-2-4-8-20)25(32)29-13-11-28(12-14-29)24(31)16-19-17-26-22-10-6-5-9-21(19)22/h2-10,15,17,26H,11-14,16H2,1H3. The number of hydrogen-bond donors (Lipinski definition) is 1. The fourth-order valence-electron chi connectivity index (χ4n) is 4.28. The molecule has 0 unspecified atom stereocenters. The lowest BCUT2D eigenvalue weighted by Gasteiger charge is -2.34. The average Bonchev–Trinajstić information content (AvgIpc) is 3.43. The van der Waals surface area contributed by atoms with E-state index in [0.717, 1.165) is 27.8 Å². The van der Waals surface area contributed by atoms with Gasteiger partial charge < -0.3 is 14.8 Å². The van der Waals surface area contributed by atoms with Crippen LogP contribution < -0.4 is 0 Å². The summed E-state index contributed by atoms with van der Waals surface area (Å²) in [5, 5.41) is 5.61. The molecule has 0 aliphatic carbocycles. The summed E-state index contributed by atoms with van der Waals surface area (Å²) in [4.78, 5) is 32.7. The van der Waals surface area contributed by atoms with Gasteiger partial charge in [-0.15, -0.1) is 0 Å². The molecule has 162 valence electrons. The molecule has 0 saturated carbocycles. The number of para-hydroxylation sites is 2. The molecular weight excluding hydrogens is 402 g/mol. The van der Waals surface area contributed by atoms with Crippen LogP contribution in [-0.4, -0.2) is 62.6 Å². The van der Waals surface area contributed by atoms with Crippen LogP contribution in [0.4, 0.5) is 0 Å². The van der Waals surface area contributed by atoms with Gasteiger partial charge in [0.15, 0.2) is 5.69 Å². The van der Waals surface area contributed by atoms with Crippen LogP contribution in [0, 0.1) is 6.92 Å². The normalized spacial score (nSPS) is 14.2. The van der Waals surface area contributed by atoms with Crippen molar-refractivity contribution in [3.05, 3.63) is 83.8 Å². The highest BCUT2D eigenvalue weighted by molar-refractivity contribution is 5.93. The predicted molar refractivity (Wildman–Crippen MR) is 123 cm³/mol. The van der Waals surface area contributed by atoms with Gasteiger partial charge >= 0.3 is 0 Å². The molecule has 1 N–H and O–H groups in total.